The summed E-state index contributed by atoms with van der Waals surface area (Å²) in [6, 6.07) is 20.8. The summed E-state index contributed by atoms with van der Waals surface area (Å²) >= 11 is 0.884. The number of hydrogen-bond donors (Lipinski definition) is 1. The van der Waals surface area contributed by atoms with Gasteiger partial charge in [-0.15, -0.1) is 0 Å². The number of amides is 3. The Morgan fingerprint density at radius 2 is 1.73 bits per heavy atom. The van der Waals surface area contributed by atoms with Crippen LogP contribution in [-0.4, -0.2) is 28.6 Å². The zero-order valence-electron chi connectivity index (χ0n) is 15.9. The predicted octanol–water partition coefficient (Wildman–Crippen LogP) is 3.94. The van der Waals surface area contributed by atoms with Crippen LogP contribution in [0.2, 0.25) is 0 Å². The summed E-state index contributed by atoms with van der Waals surface area (Å²) in [5.41, 5.74) is 6.60. The molecule has 0 saturated carbocycles. The average molecular weight is 418 g/mol. The highest BCUT2D eigenvalue weighted by atomic mass is 32.2. The van der Waals surface area contributed by atoms with E-state index in [-0.39, 0.29) is 24.3 Å². The molecule has 30 heavy (non-hydrogen) atoms. The van der Waals surface area contributed by atoms with Crippen molar-refractivity contribution in [1.29, 1.82) is 0 Å². The van der Waals surface area contributed by atoms with E-state index in [1.165, 1.54) is 4.90 Å². The molecule has 0 bridgehead atoms. The summed E-state index contributed by atoms with van der Waals surface area (Å²) in [5.74, 6) is -0.541. The van der Waals surface area contributed by atoms with Gasteiger partial charge in [-0.1, -0.05) is 54.6 Å². The van der Waals surface area contributed by atoms with Crippen LogP contribution in [0, 0.1) is 0 Å². The molecule has 3 aromatic rings. The fourth-order valence-electron chi connectivity index (χ4n) is 3.18. The van der Waals surface area contributed by atoms with Crippen LogP contribution in [0.3, 0.4) is 0 Å². The first kappa shape index (κ1) is 19.7. The molecule has 3 aromatic carbocycles. The van der Waals surface area contributed by atoms with E-state index in [0.717, 1.165) is 28.1 Å². The summed E-state index contributed by atoms with van der Waals surface area (Å²) in [5, 5.41) is 1.83. The summed E-state index contributed by atoms with van der Waals surface area (Å²) in [7, 11) is 0. The van der Waals surface area contributed by atoms with Gasteiger partial charge in [0, 0.05) is 5.56 Å². The molecule has 0 spiro atoms. The van der Waals surface area contributed by atoms with E-state index in [2.05, 4.69) is 0 Å². The number of benzene rings is 3. The molecule has 6 nitrogen and oxygen atoms in total. The number of para-hydroxylation sites is 1. The number of carbonyl (C=O) groups is 3. The molecule has 3 amide bonds. The lowest BCUT2D eigenvalue weighted by Gasteiger charge is -2.13. The molecule has 2 N–H and O–H groups in total. The highest BCUT2D eigenvalue weighted by molar-refractivity contribution is 8.18. The van der Waals surface area contributed by atoms with E-state index < -0.39 is 5.91 Å². The molecule has 0 unspecified atom stereocenters. The Balaban J connectivity index is 1.56. The second-order valence-electron chi connectivity index (χ2n) is 6.74. The third kappa shape index (κ3) is 4.21. The van der Waals surface area contributed by atoms with Crippen molar-refractivity contribution >= 4 is 45.7 Å². The molecule has 1 aliphatic rings. The number of rotatable bonds is 6. The van der Waals surface area contributed by atoms with E-state index in [1.54, 1.807) is 30.3 Å². The average Bonchev–Trinajstić information content (AvgIpc) is 3.00. The SMILES string of the molecule is NC(=O)COc1ccccc1/C=C1\SC(=O)N(Cc2ccc3ccccc3c2)C1=O. The summed E-state index contributed by atoms with van der Waals surface area (Å²) in [6.07, 6.45) is 1.60. The van der Waals surface area contributed by atoms with Gasteiger partial charge < -0.3 is 10.5 Å². The Morgan fingerprint density at radius 3 is 2.53 bits per heavy atom. The molecular weight excluding hydrogens is 400 g/mol. The third-order valence-corrected chi connectivity index (χ3v) is 5.51. The Morgan fingerprint density at radius 1 is 1.00 bits per heavy atom. The van der Waals surface area contributed by atoms with Gasteiger partial charge in [-0.25, -0.2) is 0 Å². The van der Waals surface area contributed by atoms with Gasteiger partial charge in [-0.05, 0) is 46.3 Å². The van der Waals surface area contributed by atoms with E-state index in [0.29, 0.717) is 16.2 Å². The summed E-state index contributed by atoms with van der Waals surface area (Å²) in [6.45, 7) is -0.0685. The highest BCUT2D eigenvalue weighted by Gasteiger charge is 2.35. The minimum atomic E-state index is -0.597. The van der Waals surface area contributed by atoms with Gasteiger partial charge in [0.1, 0.15) is 5.75 Å². The number of imide groups is 1. The number of primary amides is 1. The molecule has 0 aliphatic carbocycles. The number of thioether (sulfide) groups is 1. The lowest BCUT2D eigenvalue weighted by Crippen LogP contribution is -2.27. The molecule has 0 atom stereocenters. The first-order valence-electron chi connectivity index (χ1n) is 9.24. The third-order valence-electron chi connectivity index (χ3n) is 4.60. The lowest BCUT2D eigenvalue weighted by atomic mass is 10.1. The van der Waals surface area contributed by atoms with E-state index >= 15 is 0 Å². The van der Waals surface area contributed by atoms with Crippen molar-refractivity contribution in [3.8, 4) is 5.75 Å². The molecule has 1 heterocycles. The molecule has 1 fully saturated rings. The number of ether oxygens (including phenoxy) is 1. The Labute approximate surface area is 177 Å². The van der Waals surface area contributed by atoms with Gasteiger partial charge in [0.2, 0.25) is 0 Å². The van der Waals surface area contributed by atoms with Gasteiger partial charge in [-0.2, -0.15) is 0 Å². The first-order valence-corrected chi connectivity index (χ1v) is 10.1. The van der Waals surface area contributed by atoms with Crippen LogP contribution < -0.4 is 10.5 Å². The number of fused-ring (bicyclic) bond motifs is 1. The largest absolute Gasteiger partial charge is 0.483 e. The van der Waals surface area contributed by atoms with Gasteiger partial charge in [0.25, 0.3) is 17.1 Å². The maximum atomic E-state index is 12.9. The van der Waals surface area contributed by atoms with Gasteiger partial charge in [0.05, 0.1) is 11.4 Å². The normalized spacial score (nSPS) is 15.2. The standard InChI is InChI=1S/C23H18N2O4S/c24-21(26)14-29-19-8-4-3-7-18(19)12-20-22(27)25(23(28)30-20)13-15-9-10-16-5-1-2-6-17(16)11-15/h1-12H,13-14H2,(H2,24,26)/b20-12-. The topological polar surface area (TPSA) is 89.7 Å². The summed E-state index contributed by atoms with van der Waals surface area (Å²) < 4.78 is 5.40. The van der Waals surface area contributed by atoms with Crippen LogP contribution in [0.1, 0.15) is 11.1 Å². The quantitative estimate of drug-likeness (QED) is 0.613. The molecule has 0 aromatic heterocycles. The molecule has 150 valence electrons. The predicted molar refractivity (Wildman–Crippen MR) is 117 cm³/mol. The molecule has 1 aliphatic heterocycles. The second-order valence-corrected chi connectivity index (χ2v) is 7.74. The number of hydrogen-bond acceptors (Lipinski definition) is 5. The van der Waals surface area contributed by atoms with Gasteiger partial charge in [0.15, 0.2) is 6.61 Å². The zero-order valence-corrected chi connectivity index (χ0v) is 16.7. The van der Waals surface area contributed by atoms with Crippen molar-refractivity contribution in [2.75, 3.05) is 6.61 Å². The van der Waals surface area contributed by atoms with Crippen LogP contribution in [0.15, 0.2) is 71.6 Å². The van der Waals surface area contributed by atoms with Gasteiger partial charge in [-0.3, -0.25) is 19.3 Å². The monoisotopic (exact) mass is 418 g/mol. The van der Waals surface area contributed by atoms with Crippen molar-refractivity contribution in [2.45, 2.75) is 6.54 Å². The molecule has 0 radical (unpaired) electrons. The van der Waals surface area contributed by atoms with Crippen LogP contribution in [0.25, 0.3) is 16.8 Å². The minimum absolute atomic E-state index is 0.201. The Kier molecular flexibility index (Phi) is 5.54. The lowest BCUT2D eigenvalue weighted by molar-refractivity contribution is -0.123. The molecule has 4 rings (SSSR count). The smallest absolute Gasteiger partial charge is 0.293 e. The first-order chi connectivity index (χ1) is 14.5. The second kappa shape index (κ2) is 8.42. The Bertz CT molecular complexity index is 1190. The molecular formula is C23H18N2O4S. The fourth-order valence-corrected chi connectivity index (χ4v) is 4.01. The van der Waals surface area contributed by atoms with Crippen LogP contribution >= 0.6 is 11.8 Å². The maximum Gasteiger partial charge on any atom is 0.293 e. The van der Waals surface area contributed by atoms with Crippen molar-refractivity contribution in [1.82, 2.24) is 4.90 Å². The van der Waals surface area contributed by atoms with Crippen molar-refractivity contribution < 1.29 is 19.1 Å². The van der Waals surface area contributed by atoms with Crippen molar-refractivity contribution in [3.63, 3.8) is 0 Å². The van der Waals surface area contributed by atoms with Crippen molar-refractivity contribution in [2.24, 2.45) is 5.73 Å². The van der Waals surface area contributed by atoms with E-state index in [1.807, 2.05) is 42.5 Å². The summed E-state index contributed by atoms with van der Waals surface area (Å²) in [4.78, 5) is 37.9. The maximum absolute atomic E-state index is 12.9. The number of nitrogens with two attached hydrogens (primary N) is 1. The van der Waals surface area contributed by atoms with Gasteiger partial charge >= 0.3 is 0 Å². The van der Waals surface area contributed by atoms with Crippen molar-refractivity contribution in [3.05, 3.63) is 82.8 Å². The number of carbonyl (C=O) groups excluding carboxylic acids is 3. The fraction of sp³-hybridized carbons (Fsp3) is 0.0870. The van der Waals surface area contributed by atoms with Crippen LogP contribution in [0.4, 0.5) is 4.79 Å². The van der Waals surface area contributed by atoms with E-state index in [9.17, 15) is 14.4 Å². The zero-order chi connectivity index (χ0) is 21.1. The molecule has 1 saturated heterocycles. The van der Waals surface area contributed by atoms with Crippen LogP contribution in [0.5, 0.6) is 5.75 Å². The minimum Gasteiger partial charge on any atom is -0.483 e. The Hall–Kier alpha value is -3.58. The number of nitrogens with zero attached hydrogens (tertiary/aromatic N) is 1. The van der Waals surface area contributed by atoms with E-state index in [4.69, 9.17) is 10.5 Å². The highest BCUT2D eigenvalue weighted by Crippen LogP contribution is 2.35. The van der Waals surface area contributed by atoms with Crippen LogP contribution in [-0.2, 0) is 16.1 Å². The molecule has 7 heteroatoms.